The summed E-state index contributed by atoms with van der Waals surface area (Å²) in [5.41, 5.74) is 3.99. The Morgan fingerprint density at radius 2 is 1.84 bits per heavy atom. The van der Waals surface area contributed by atoms with Gasteiger partial charge in [0, 0.05) is 45.2 Å². The van der Waals surface area contributed by atoms with E-state index in [0.717, 1.165) is 5.56 Å². The van der Waals surface area contributed by atoms with E-state index in [2.05, 4.69) is 32.5 Å². The van der Waals surface area contributed by atoms with Crippen molar-refractivity contribution in [2.75, 3.05) is 13.6 Å². The number of rotatable bonds is 8. The molecule has 9 heteroatoms. The van der Waals surface area contributed by atoms with Crippen LogP contribution in [0.3, 0.4) is 0 Å². The summed E-state index contributed by atoms with van der Waals surface area (Å²) < 4.78 is 29.8. The molecule has 0 saturated heterocycles. The maximum Gasteiger partial charge on any atom is 0.387 e. The van der Waals surface area contributed by atoms with Crippen molar-refractivity contribution in [3.8, 4) is 5.75 Å². The molecule has 0 atom stereocenters. The highest BCUT2D eigenvalue weighted by Crippen LogP contribution is 2.23. The van der Waals surface area contributed by atoms with E-state index in [-0.39, 0.29) is 42.2 Å². The van der Waals surface area contributed by atoms with Gasteiger partial charge in [-0.25, -0.2) is 0 Å². The lowest BCUT2D eigenvalue weighted by Gasteiger charge is -2.17. The maximum absolute atomic E-state index is 12.6. The minimum atomic E-state index is -2.88. The van der Waals surface area contributed by atoms with Crippen LogP contribution in [-0.2, 0) is 24.4 Å². The number of nitrogens with one attached hydrogen (secondary N) is 2. The molecule has 1 aliphatic rings. The first-order valence-electron chi connectivity index (χ1n) is 10.3. The molecule has 2 aromatic carbocycles. The molecule has 32 heavy (non-hydrogen) atoms. The Hall–Kier alpha value is -2.43. The van der Waals surface area contributed by atoms with E-state index in [9.17, 15) is 13.6 Å². The number of halogens is 3. The summed E-state index contributed by atoms with van der Waals surface area (Å²) in [5, 5.41) is 6.26. The first-order chi connectivity index (χ1) is 15.0. The summed E-state index contributed by atoms with van der Waals surface area (Å²) in [5.74, 6) is 0.806. The Kier molecular flexibility index (Phi) is 10.1. The third kappa shape index (κ3) is 7.32. The SMILES string of the molecule is CN=C(NCCCC(=O)N1Cc2ccccc2C1)NCc1cc(C)ccc1OC(F)F.I. The van der Waals surface area contributed by atoms with Gasteiger partial charge in [0.15, 0.2) is 5.96 Å². The van der Waals surface area contributed by atoms with Crippen LogP contribution in [0.15, 0.2) is 47.5 Å². The van der Waals surface area contributed by atoms with Crippen molar-refractivity contribution in [1.29, 1.82) is 0 Å². The number of benzene rings is 2. The van der Waals surface area contributed by atoms with Crippen molar-refractivity contribution >= 4 is 35.8 Å². The Balaban J connectivity index is 0.00000363. The van der Waals surface area contributed by atoms with Crippen LogP contribution in [0.25, 0.3) is 0 Å². The van der Waals surface area contributed by atoms with Crippen LogP contribution in [0, 0.1) is 6.92 Å². The van der Waals surface area contributed by atoms with Gasteiger partial charge in [-0.05, 0) is 30.5 Å². The molecule has 0 spiro atoms. The van der Waals surface area contributed by atoms with Crippen LogP contribution in [0.5, 0.6) is 5.75 Å². The standard InChI is InChI=1S/C23H28F2N4O2.HI/c1-16-9-10-20(31-22(24)25)19(12-16)13-28-23(26-2)27-11-5-8-21(30)29-14-17-6-3-4-7-18(17)15-29;/h3-4,6-7,9-10,12,22H,5,8,11,13-15H2,1-2H3,(H2,26,27,28);1H. The monoisotopic (exact) mass is 558 g/mol. The van der Waals surface area contributed by atoms with Gasteiger partial charge in [-0.3, -0.25) is 9.79 Å². The number of nitrogens with zero attached hydrogens (tertiary/aromatic N) is 2. The molecule has 3 rings (SSSR count). The van der Waals surface area contributed by atoms with E-state index in [1.54, 1.807) is 19.2 Å². The van der Waals surface area contributed by atoms with Crippen LogP contribution in [-0.4, -0.2) is 37.0 Å². The summed E-state index contributed by atoms with van der Waals surface area (Å²) in [7, 11) is 1.63. The molecule has 174 valence electrons. The molecule has 0 radical (unpaired) electrons. The number of hydrogen-bond acceptors (Lipinski definition) is 3. The second-order valence-electron chi connectivity index (χ2n) is 7.46. The first kappa shape index (κ1) is 25.8. The van der Waals surface area contributed by atoms with Crippen molar-refractivity contribution in [2.24, 2.45) is 4.99 Å². The van der Waals surface area contributed by atoms with Gasteiger partial charge in [-0.2, -0.15) is 8.78 Å². The molecule has 0 bridgehead atoms. The van der Waals surface area contributed by atoms with Crippen molar-refractivity contribution in [3.05, 3.63) is 64.7 Å². The van der Waals surface area contributed by atoms with Gasteiger partial charge in [-0.1, -0.05) is 42.0 Å². The highest BCUT2D eigenvalue weighted by Gasteiger charge is 2.22. The molecule has 0 saturated carbocycles. The number of carbonyl (C=O) groups excluding carboxylic acids is 1. The van der Waals surface area contributed by atoms with E-state index in [0.29, 0.717) is 44.0 Å². The zero-order chi connectivity index (χ0) is 22.2. The Morgan fingerprint density at radius 3 is 2.47 bits per heavy atom. The van der Waals surface area contributed by atoms with Gasteiger partial charge < -0.3 is 20.3 Å². The number of aryl methyl sites for hydroxylation is 1. The van der Waals surface area contributed by atoms with E-state index >= 15 is 0 Å². The molecule has 1 heterocycles. The Morgan fingerprint density at radius 1 is 1.16 bits per heavy atom. The maximum atomic E-state index is 12.6. The van der Waals surface area contributed by atoms with Crippen LogP contribution < -0.4 is 15.4 Å². The van der Waals surface area contributed by atoms with E-state index in [1.165, 1.54) is 17.2 Å². The molecule has 2 N–H and O–H groups in total. The largest absolute Gasteiger partial charge is 0.434 e. The zero-order valence-corrected chi connectivity index (χ0v) is 20.6. The highest BCUT2D eigenvalue weighted by atomic mass is 127. The Labute approximate surface area is 204 Å². The minimum absolute atomic E-state index is 0. The van der Waals surface area contributed by atoms with Crippen LogP contribution in [0.2, 0.25) is 0 Å². The van der Waals surface area contributed by atoms with Gasteiger partial charge in [0.1, 0.15) is 5.75 Å². The van der Waals surface area contributed by atoms with Gasteiger partial charge in [0.25, 0.3) is 0 Å². The minimum Gasteiger partial charge on any atom is -0.434 e. The third-order valence-corrected chi connectivity index (χ3v) is 5.16. The third-order valence-electron chi connectivity index (χ3n) is 5.16. The highest BCUT2D eigenvalue weighted by molar-refractivity contribution is 14.0. The fourth-order valence-electron chi connectivity index (χ4n) is 3.57. The van der Waals surface area contributed by atoms with Gasteiger partial charge in [0.2, 0.25) is 5.91 Å². The van der Waals surface area contributed by atoms with E-state index < -0.39 is 6.61 Å². The second kappa shape index (κ2) is 12.6. The Bertz CT molecular complexity index is 915. The lowest BCUT2D eigenvalue weighted by molar-refractivity contribution is -0.131. The smallest absolute Gasteiger partial charge is 0.387 e. The van der Waals surface area contributed by atoms with Gasteiger partial charge in [-0.15, -0.1) is 24.0 Å². The van der Waals surface area contributed by atoms with E-state index in [1.807, 2.05) is 24.0 Å². The fraction of sp³-hybridized carbons (Fsp3) is 0.391. The summed E-state index contributed by atoms with van der Waals surface area (Å²) in [6.07, 6.45) is 1.11. The number of ether oxygens (including phenoxy) is 1. The predicted molar refractivity (Wildman–Crippen MR) is 131 cm³/mol. The molecular weight excluding hydrogens is 529 g/mol. The molecule has 6 nitrogen and oxygen atoms in total. The number of aliphatic imine (C=N–C) groups is 1. The van der Waals surface area contributed by atoms with Crippen molar-refractivity contribution < 1.29 is 18.3 Å². The molecule has 0 aromatic heterocycles. The average molecular weight is 558 g/mol. The van der Waals surface area contributed by atoms with E-state index in [4.69, 9.17) is 0 Å². The average Bonchev–Trinajstić information content (AvgIpc) is 3.19. The topological polar surface area (TPSA) is 66.0 Å². The fourth-order valence-corrected chi connectivity index (χ4v) is 3.57. The number of carbonyl (C=O) groups is 1. The number of hydrogen-bond donors (Lipinski definition) is 2. The summed E-state index contributed by atoms with van der Waals surface area (Å²) >= 11 is 0. The number of guanidine groups is 1. The molecule has 0 fully saturated rings. The van der Waals surface area contributed by atoms with Crippen molar-refractivity contribution in [3.63, 3.8) is 0 Å². The first-order valence-corrected chi connectivity index (χ1v) is 10.3. The van der Waals surface area contributed by atoms with Crippen LogP contribution in [0.1, 0.15) is 35.1 Å². The summed E-state index contributed by atoms with van der Waals surface area (Å²) in [4.78, 5) is 18.5. The molecule has 1 aliphatic heterocycles. The molecule has 0 unspecified atom stereocenters. The predicted octanol–water partition coefficient (Wildman–Crippen LogP) is 4.20. The summed E-state index contributed by atoms with van der Waals surface area (Å²) in [6.45, 7) is 1.21. The van der Waals surface area contributed by atoms with Crippen molar-refractivity contribution in [1.82, 2.24) is 15.5 Å². The van der Waals surface area contributed by atoms with Gasteiger partial charge >= 0.3 is 6.61 Å². The number of fused-ring (bicyclic) bond motifs is 1. The van der Waals surface area contributed by atoms with Gasteiger partial charge in [0.05, 0.1) is 0 Å². The number of amides is 1. The lowest BCUT2D eigenvalue weighted by Crippen LogP contribution is -2.37. The van der Waals surface area contributed by atoms with Crippen LogP contribution in [0.4, 0.5) is 8.78 Å². The van der Waals surface area contributed by atoms with Crippen molar-refractivity contribution in [2.45, 2.75) is 46.0 Å². The normalized spacial score (nSPS) is 12.9. The van der Waals surface area contributed by atoms with Crippen LogP contribution >= 0.6 is 24.0 Å². The molecule has 2 aromatic rings. The number of alkyl halides is 2. The second-order valence-corrected chi connectivity index (χ2v) is 7.46. The quantitative estimate of drug-likeness (QED) is 0.221. The zero-order valence-electron chi connectivity index (χ0n) is 18.2. The molecular formula is C23H29F2IN4O2. The summed E-state index contributed by atoms with van der Waals surface area (Å²) in [6, 6.07) is 13.2. The molecule has 0 aliphatic carbocycles. The lowest BCUT2D eigenvalue weighted by atomic mass is 10.1. The molecule has 1 amide bonds.